The monoisotopic (exact) mass is 251 g/mol. The Balaban J connectivity index is 2.54. The standard InChI is InChI=1S/C8H11Cl2N3O2/c9-5-1-6(13-7(5)10)8(15)12-2-4(11)3-14/h1,4,13-14H,2-3,11H2,(H,12,15). The van der Waals surface area contributed by atoms with Crippen molar-refractivity contribution in [2.45, 2.75) is 6.04 Å². The van der Waals surface area contributed by atoms with Crippen molar-refractivity contribution >= 4 is 29.1 Å². The summed E-state index contributed by atoms with van der Waals surface area (Å²) in [5.41, 5.74) is 5.67. The lowest BCUT2D eigenvalue weighted by molar-refractivity contribution is 0.0943. The summed E-state index contributed by atoms with van der Waals surface area (Å²) < 4.78 is 0. The fourth-order valence-corrected chi connectivity index (χ4v) is 1.22. The zero-order chi connectivity index (χ0) is 11.4. The molecule has 0 spiro atoms. The van der Waals surface area contributed by atoms with E-state index in [0.29, 0.717) is 0 Å². The summed E-state index contributed by atoms with van der Waals surface area (Å²) >= 11 is 11.3. The lowest BCUT2D eigenvalue weighted by atomic mass is 10.3. The summed E-state index contributed by atoms with van der Waals surface area (Å²) in [5.74, 6) is -0.368. The second kappa shape index (κ2) is 5.37. The van der Waals surface area contributed by atoms with Gasteiger partial charge in [-0.1, -0.05) is 23.2 Å². The Morgan fingerprint density at radius 1 is 1.67 bits per heavy atom. The number of hydrogen-bond donors (Lipinski definition) is 4. The molecule has 1 aromatic rings. The van der Waals surface area contributed by atoms with Gasteiger partial charge in [-0.2, -0.15) is 0 Å². The molecular formula is C8H11Cl2N3O2. The SMILES string of the molecule is NC(CO)CNC(=O)c1cc(Cl)c(Cl)[nH]1. The van der Waals surface area contributed by atoms with E-state index in [9.17, 15) is 4.79 Å². The number of rotatable bonds is 4. The predicted octanol–water partition coefficient (Wildman–Crippen LogP) is 0.371. The summed E-state index contributed by atoms with van der Waals surface area (Å²) in [4.78, 5) is 14.0. The number of halogens is 2. The van der Waals surface area contributed by atoms with E-state index in [1.165, 1.54) is 6.07 Å². The third-order valence-corrected chi connectivity index (χ3v) is 2.42. The molecule has 0 aliphatic rings. The predicted molar refractivity (Wildman–Crippen MR) is 58.2 cm³/mol. The van der Waals surface area contributed by atoms with Crippen LogP contribution in [0.2, 0.25) is 10.2 Å². The van der Waals surface area contributed by atoms with E-state index in [4.69, 9.17) is 34.0 Å². The molecule has 0 fully saturated rings. The van der Waals surface area contributed by atoms with Gasteiger partial charge in [-0.15, -0.1) is 0 Å². The molecule has 7 heteroatoms. The Bertz CT molecular complexity index is 334. The van der Waals surface area contributed by atoms with Crippen molar-refractivity contribution in [2.75, 3.05) is 13.2 Å². The van der Waals surface area contributed by atoms with E-state index >= 15 is 0 Å². The van der Waals surface area contributed by atoms with Crippen LogP contribution in [-0.2, 0) is 0 Å². The van der Waals surface area contributed by atoms with Crippen LogP contribution in [-0.4, -0.2) is 35.2 Å². The number of aromatic amines is 1. The third-order valence-electron chi connectivity index (χ3n) is 1.73. The van der Waals surface area contributed by atoms with Crippen LogP contribution >= 0.6 is 23.2 Å². The van der Waals surface area contributed by atoms with Gasteiger partial charge >= 0.3 is 0 Å². The van der Waals surface area contributed by atoms with Crippen LogP contribution in [0.4, 0.5) is 0 Å². The zero-order valence-electron chi connectivity index (χ0n) is 7.76. The third kappa shape index (κ3) is 3.39. The molecule has 84 valence electrons. The summed E-state index contributed by atoms with van der Waals surface area (Å²) in [7, 11) is 0. The van der Waals surface area contributed by atoms with E-state index in [2.05, 4.69) is 10.3 Å². The zero-order valence-corrected chi connectivity index (χ0v) is 9.27. The van der Waals surface area contributed by atoms with Gasteiger partial charge in [-0.25, -0.2) is 0 Å². The topological polar surface area (TPSA) is 91.1 Å². The maximum atomic E-state index is 11.4. The van der Waals surface area contributed by atoms with Crippen LogP contribution in [0.5, 0.6) is 0 Å². The van der Waals surface area contributed by atoms with Crippen LogP contribution < -0.4 is 11.1 Å². The number of hydrogen-bond acceptors (Lipinski definition) is 3. The largest absolute Gasteiger partial charge is 0.395 e. The summed E-state index contributed by atoms with van der Waals surface area (Å²) in [6.07, 6.45) is 0. The van der Waals surface area contributed by atoms with Gasteiger partial charge in [0.25, 0.3) is 5.91 Å². The molecule has 1 aromatic heterocycles. The normalized spacial score (nSPS) is 12.5. The van der Waals surface area contributed by atoms with Gasteiger partial charge in [-0.3, -0.25) is 4.79 Å². The lowest BCUT2D eigenvalue weighted by Gasteiger charge is -2.08. The van der Waals surface area contributed by atoms with Crippen molar-refractivity contribution in [3.63, 3.8) is 0 Å². The van der Waals surface area contributed by atoms with Crippen molar-refractivity contribution in [1.82, 2.24) is 10.3 Å². The molecule has 1 atom stereocenters. The highest BCUT2D eigenvalue weighted by Crippen LogP contribution is 2.21. The highest BCUT2D eigenvalue weighted by molar-refractivity contribution is 6.41. The molecule has 0 aliphatic heterocycles. The lowest BCUT2D eigenvalue weighted by Crippen LogP contribution is -2.39. The van der Waals surface area contributed by atoms with Gasteiger partial charge in [0.2, 0.25) is 0 Å². The maximum absolute atomic E-state index is 11.4. The molecule has 0 aromatic carbocycles. The first-order valence-corrected chi connectivity index (χ1v) is 4.98. The second-order valence-electron chi connectivity index (χ2n) is 3.00. The average molecular weight is 252 g/mol. The summed E-state index contributed by atoms with van der Waals surface area (Å²) in [6, 6.07) is 0.943. The molecule has 0 saturated heterocycles. The smallest absolute Gasteiger partial charge is 0.267 e. The minimum atomic E-state index is -0.477. The van der Waals surface area contributed by atoms with Gasteiger partial charge in [-0.05, 0) is 6.07 Å². The second-order valence-corrected chi connectivity index (χ2v) is 3.78. The molecule has 1 unspecified atom stereocenters. The van der Waals surface area contributed by atoms with Crippen molar-refractivity contribution in [3.8, 4) is 0 Å². The highest BCUT2D eigenvalue weighted by atomic mass is 35.5. The number of carbonyl (C=O) groups excluding carboxylic acids is 1. The van der Waals surface area contributed by atoms with E-state index < -0.39 is 6.04 Å². The molecule has 1 rings (SSSR count). The van der Waals surface area contributed by atoms with E-state index in [0.717, 1.165) is 0 Å². The molecule has 15 heavy (non-hydrogen) atoms. The fourth-order valence-electron chi connectivity index (χ4n) is 0.910. The molecule has 0 bridgehead atoms. The quantitative estimate of drug-likeness (QED) is 0.624. The van der Waals surface area contributed by atoms with Crippen LogP contribution in [0.15, 0.2) is 6.07 Å². The summed E-state index contributed by atoms with van der Waals surface area (Å²) in [6.45, 7) is -0.00386. The Labute approximate surface area is 96.6 Å². The Kier molecular flexibility index (Phi) is 4.41. The Hall–Kier alpha value is -0.750. The van der Waals surface area contributed by atoms with E-state index in [-0.39, 0.29) is 34.9 Å². The molecule has 1 amide bonds. The van der Waals surface area contributed by atoms with Crippen LogP contribution in [0.3, 0.4) is 0 Å². The van der Waals surface area contributed by atoms with Gasteiger partial charge in [0, 0.05) is 12.6 Å². The van der Waals surface area contributed by atoms with Crippen molar-refractivity contribution < 1.29 is 9.90 Å². The van der Waals surface area contributed by atoms with E-state index in [1.807, 2.05) is 0 Å². The number of carbonyl (C=O) groups is 1. The number of aromatic nitrogens is 1. The number of H-pyrrole nitrogens is 1. The van der Waals surface area contributed by atoms with Gasteiger partial charge in [0.1, 0.15) is 10.8 Å². The number of amides is 1. The molecule has 0 saturated carbocycles. The Morgan fingerprint density at radius 2 is 2.33 bits per heavy atom. The molecule has 0 aliphatic carbocycles. The summed E-state index contributed by atoms with van der Waals surface area (Å²) in [5, 5.41) is 11.7. The van der Waals surface area contributed by atoms with Crippen molar-refractivity contribution in [1.29, 1.82) is 0 Å². The van der Waals surface area contributed by atoms with Gasteiger partial charge < -0.3 is 21.1 Å². The maximum Gasteiger partial charge on any atom is 0.267 e. The first kappa shape index (κ1) is 12.3. The van der Waals surface area contributed by atoms with Crippen molar-refractivity contribution in [2.24, 2.45) is 5.73 Å². The van der Waals surface area contributed by atoms with Gasteiger partial charge in [0.15, 0.2) is 0 Å². The van der Waals surface area contributed by atoms with Crippen LogP contribution in [0.1, 0.15) is 10.5 Å². The Morgan fingerprint density at radius 3 is 2.80 bits per heavy atom. The number of nitrogens with two attached hydrogens (primary N) is 1. The average Bonchev–Trinajstić information content (AvgIpc) is 2.55. The van der Waals surface area contributed by atoms with Crippen LogP contribution in [0.25, 0.3) is 0 Å². The molecule has 0 radical (unpaired) electrons. The number of aliphatic hydroxyl groups excluding tert-OH is 1. The van der Waals surface area contributed by atoms with Gasteiger partial charge in [0.05, 0.1) is 11.6 Å². The fraction of sp³-hybridized carbons (Fsp3) is 0.375. The minimum absolute atomic E-state index is 0.184. The highest BCUT2D eigenvalue weighted by Gasteiger charge is 2.12. The van der Waals surface area contributed by atoms with E-state index in [1.54, 1.807) is 0 Å². The minimum Gasteiger partial charge on any atom is -0.395 e. The molecule has 5 nitrogen and oxygen atoms in total. The first-order valence-electron chi connectivity index (χ1n) is 4.23. The molecular weight excluding hydrogens is 241 g/mol. The van der Waals surface area contributed by atoms with Crippen LogP contribution in [0, 0.1) is 0 Å². The molecule has 1 heterocycles. The number of nitrogens with one attached hydrogen (secondary N) is 2. The first-order chi connectivity index (χ1) is 7.04. The van der Waals surface area contributed by atoms with Crippen molar-refractivity contribution in [3.05, 3.63) is 21.9 Å². The molecule has 5 N–H and O–H groups in total. The number of aliphatic hydroxyl groups is 1.